The number of rotatable bonds is 7. The predicted molar refractivity (Wildman–Crippen MR) is 125 cm³/mol. The molecule has 0 aliphatic heterocycles. The number of halogens is 1. The smallest absolute Gasteiger partial charge is 0.239 e. The lowest BCUT2D eigenvalue weighted by molar-refractivity contribution is -0.126. The summed E-state index contributed by atoms with van der Waals surface area (Å²) in [5.74, 6) is -0.816. The molecule has 4 rings (SSSR count). The van der Waals surface area contributed by atoms with Crippen molar-refractivity contribution >= 4 is 22.6 Å². The molecule has 1 atom stereocenters. The molecular weight excluding hydrogens is 419 g/mol. The van der Waals surface area contributed by atoms with E-state index in [1.165, 1.54) is 12.1 Å². The minimum atomic E-state index is -0.313. The molecule has 0 saturated heterocycles. The average Bonchev–Trinajstić information content (AvgIpc) is 3.20. The van der Waals surface area contributed by atoms with Crippen molar-refractivity contribution in [3.8, 4) is 5.69 Å². The highest BCUT2D eigenvalue weighted by atomic mass is 19.1. The SMILES string of the molecule is Cc1c(C(C)NC(=O)CNC(=O)Cc2cccc3ccccc23)cnn1-c1ccc(F)cc1. The lowest BCUT2D eigenvalue weighted by atomic mass is 10.0. The first-order valence-corrected chi connectivity index (χ1v) is 10.8. The van der Waals surface area contributed by atoms with Crippen LogP contribution in [0.3, 0.4) is 0 Å². The van der Waals surface area contributed by atoms with Gasteiger partial charge >= 0.3 is 0 Å². The molecule has 0 fully saturated rings. The maximum absolute atomic E-state index is 13.2. The second-order valence-electron chi connectivity index (χ2n) is 7.95. The fraction of sp³-hybridized carbons (Fsp3) is 0.192. The molecule has 1 unspecified atom stereocenters. The van der Waals surface area contributed by atoms with Gasteiger partial charge < -0.3 is 10.6 Å². The van der Waals surface area contributed by atoms with Gasteiger partial charge in [0.25, 0.3) is 0 Å². The van der Waals surface area contributed by atoms with Crippen LogP contribution in [0.2, 0.25) is 0 Å². The molecule has 6 nitrogen and oxygen atoms in total. The van der Waals surface area contributed by atoms with E-state index in [0.29, 0.717) is 0 Å². The summed E-state index contributed by atoms with van der Waals surface area (Å²) in [5.41, 5.74) is 3.34. The number of hydrogen-bond acceptors (Lipinski definition) is 3. The number of hydrogen-bond donors (Lipinski definition) is 2. The summed E-state index contributed by atoms with van der Waals surface area (Å²) in [6.07, 6.45) is 1.89. The van der Waals surface area contributed by atoms with Crippen molar-refractivity contribution in [1.29, 1.82) is 0 Å². The van der Waals surface area contributed by atoms with E-state index in [-0.39, 0.29) is 36.6 Å². The van der Waals surface area contributed by atoms with E-state index in [9.17, 15) is 14.0 Å². The Kier molecular flexibility index (Phi) is 6.49. The van der Waals surface area contributed by atoms with Gasteiger partial charge in [-0.3, -0.25) is 9.59 Å². The number of carbonyl (C=O) groups excluding carboxylic acids is 2. The van der Waals surface area contributed by atoms with Gasteiger partial charge in [0.2, 0.25) is 11.8 Å². The van der Waals surface area contributed by atoms with Gasteiger partial charge in [0.05, 0.1) is 30.9 Å². The zero-order valence-electron chi connectivity index (χ0n) is 18.5. The minimum absolute atomic E-state index is 0.112. The third kappa shape index (κ3) is 5.09. The van der Waals surface area contributed by atoms with E-state index in [2.05, 4.69) is 15.7 Å². The lowest BCUT2D eigenvalue weighted by Crippen LogP contribution is -2.38. The van der Waals surface area contributed by atoms with Crippen LogP contribution in [0.15, 0.2) is 72.9 Å². The maximum atomic E-state index is 13.2. The first kappa shape index (κ1) is 22.2. The van der Waals surface area contributed by atoms with Crippen molar-refractivity contribution in [2.75, 3.05) is 6.54 Å². The second kappa shape index (κ2) is 9.65. The van der Waals surface area contributed by atoms with Crippen molar-refractivity contribution in [3.05, 3.63) is 95.6 Å². The van der Waals surface area contributed by atoms with Gasteiger partial charge in [0.1, 0.15) is 5.82 Å². The number of nitrogens with zero attached hydrogens (tertiary/aromatic N) is 2. The number of fused-ring (bicyclic) bond motifs is 1. The second-order valence-corrected chi connectivity index (χ2v) is 7.95. The molecule has 3 aromatic carbocycles. The van der Waals surface area contributed by atoms with Crippen molar-refractivity contribution in [2.24, 2.45) is 0 Å². The van der Waals surface area contributed by atoms with Gasteiger partial charge in [-0.1, -0.05) is 42.5 Å². The van der Waals surface area contributed by atoms with Crippen molar-refractivity contribution < 1.29 is 14.0 Å². The van der Waals surface area contributed by atoms with Gasteiger partial charge in [-0.25, -0.2) is 9.07 Å². The van der Waals surface area contributed by atoms with Crippen molar-refractivity contribution in [1.82, 2.24) is 20.4 Å². The average molecular weight is 445 g/mol. The van der Waals surface area contributed by atoms with Crippen LogP contribution in [0.4, 0.5) is 4.39 Å². The standard InChI is InChI=1S/C26H25FN4O2/c1-17(24-15-29-31(18(24)2)22-12-10-21(27)11-13-22)30-26(33)16-28-25(32)14-20-8-5-7-19-6-3-4-9-23(19)20/h3-13,15,17H,14,16H2,1-2H3,(H,28,32)(H,30,33). The Morgan fingerprint density at radius 2 is 1.73 bits per heavy atom. The van der Waals surface area contributed by atoms with Crippen LogP contribution < -0.4 is 10.6 Å². The Hall–Kier alpha value is -4.00. The molecule has 1 heterocycles. The summed E-state index contributed by atoms with van der Waals surface area (Å²) in [7, 11) is 0. The fourth-order valence-electron chi connectivity index (χ4n) is 3.92. The Labute approximate surface area is 191 Å². The summed E-state index contributed by atoms with van der Waals surface area (Å²) in [6, 6.07) is 19.5. The molecule has 2 N–H and O–H groups in total. The number of nitrogens with one attached hydrogen (secondary N) is 2. The summed E-state index contributed by atoms with van der Waals surface area (Å²) in [6.45, 7) is 3.63. The predicted octanol–water partition coefficient (Wildman–Crippen LogP) is 4.01. The molecule has 0 spiro atoms. The molecule has 0 aliphatic rings. The maximum Gasteiger partial charge on any atom is 0.239 e. The Bertz CT molecular complexity index is 1290. The van der Waals surface area contributed by atoms with Crippen LogP contribution in [0.1, 0.15) is 29.8 Å². The topological polar surface area (TPSA) is 76.0 Å². The van der Waals surface area contributed by atoms with E-state index in [0.717, 1.165) is 33.3 Å². The van der Waals surface area contributed by atoms with Gasteiger partial charge in [-0.05, 0) is 54.4 Å². The molecule has 0 bridgehead atoms. The number of aromatic nitrogens is 2. The van der Waals surface area contributed by atoms with Crippen LogP contribution >= 0.6 is 0 Å². The van der Waals surface area contributed by atoms with Gasteiger partial charge in [-0.15, -0.1) is 0 Å². The molecular formula is C26H25FN4O2. The van der Waals surface area contributed by atoms with E-state index in [1.807, 2.05) is 56.3 Å². The molecule has 168 valence electrons. The molecule has 0 radical (unpaired) electrons. The van der Waals surface area contributed by atoms with Crippen LogP contribution in [0.5, 0.6) is 0 Å². The highest BCUT2D eigenvalue weighted by molar-refractivity contribution is 5.91. The zero-order valence-corrected chi connectivity index (χ0v) is 18.5. The molecule has 4 aromatic rings. The van der Waals surface area contributed by atoms with E-state index in [4.69, 9.17) is 0 Å². The van der Waals surface area contributed by atoms with Crippen molar-refractivity contribution in [2.45, 2.75) is 26.3 Å². The first-order chi connectivity index (χ1) is 15.9. The van der Waals surface area contributed by atoms with Crippen LogP contribution in [0.25, 0.3) is 16.5 Å². The van der Waals surface area contributed by atoms with E-state index in [1.54, 1.807) is 23.0 Å². The number of amides is 2. The minimum Gasteiger partial charge on any atom is -0.348 e. The Morgan fingerprint density at radius 1 is 1.00 bits per heavy atom. The largest absolute Gasteiger partial charge is 0.348 e. The van der Waals surface area contributed by atoms with Gasteiger partial charge in [0.15, 0.2) is 0 Å². The van der Waals surface area contributed by atoms with Crippen molar-refractivity contribution in [3.63, 3.8) is 0 Å². The van der Waals surface area contributed by atoms with Crippen LogP contribution in [-0.4, -0.2) is 28.1 Å². The molecule has 0 saturated carbocycles. The quantitative estimate of drug-likeness (QED) is 0.452. The molecule has 1 aromatic heterocycles. The third-order valence-corrected chi connectivity index (χ3v) is 5.64. The molecule has 2 amide bonds. The van der Waals surface area contributed by atoms with Crippen LogP contribution in [-0.2, 0) is 16.0 Å². The molecule has 33 heavy (non-hydrogen) atoms. The summed E-state index contributed by atoms with van der Waals surface area (Å²) in [4.78, 5) is 24.9. The summed E-state index contributed by atoms with van der Waals surface area (Å²) in [5, 5.41) is 12.1. The summed E-state index contributed by atoms with van der Waals surface area (Å²) >= 11 is 0. The highest BCUT2D eigenvalue weighted by Crippen LogP contribution is 2.21. The Morgan fingerprint density at radius 3 is 2.52 bits per heavy atom. The third-order valence-electron chi connectivity index (χ3n) is 5.64. The monoisotopic (exact) mass is 444 g/mol. The van der Waals surface area contributed by atoms with E-state index < -0.39 is 0 Å². The van der Waals surface area contributed by atoms with Crippen LogP contribution in [0, 0.1) is 12.7 Å². The zero-order chi connectivity index (χ0) is 23.4. The van der Waals surface area contributed by atoms with E-state index >= 15 is 0 Å². The Balaban J connectivity index is 1.33. The number of carbonyl (C=O) groups is 2. The number of benzene rings is 3. The first-order valence-electron chi connectivity index (χ1n) is 10.8. The lowest BCUT2D eigenvalue weighted by Gasteiger charge is -2.15. The van der Waals surface area contributed by atoms with Gasteiger partial charge in [-0.2, -0.15) is 5.10 Å². The highest BCUT2D eigenvalue weighted by Gasteiger charge is 2.17. The molecule has 7 heteroatoms. The summed E-state index contributed by atoms with van der Waals surface area (Å²) < 4.78 is 14.9. The molecule has 0 aliphatic carbocycles. The van der Waals surface area contributed by atoms with Gasteiger partial charge in [0, 0.05) is 11.3 Å². The fourth-order valence-corrected chi connectivity index (χ4v) is 3.92. The normalized spacial score (nSPS) is 11.8.